The molecule has 0 unspecified atom stereocenters. The molecule has 19 heavy (non-hydrogen) atoms. The van der Waals surface area contributed by atoms with Crippen LogP contribution in [0, 0.1) is 0 Å². The van der Waals surface area contributed by atoms with Gasteiger partial charge in [-0.2, -0.15) is 0 Å². The van der Waals surface area contributed by atoms with Gasteiger partial charge in [0.2, 0.25) is 0 Å². The zero-order chi connectivity index (χ0) is 13.9. The number of nitrogens with one attached hydrogen (secondary N) is 1. The number of benzene rings is 2. The Hall–Kier alpha value is -1.56. The average molecular weight is 298 g/mol. The molecule has 0 fully saturated rings. The van der Waals surface area contributed by atoms with Gasteiger partial charge in [0.15, 0.2) is 0 Å². The lowest BCUT2D eigenvalue weighted by Gasteiger charge is -2.11. The van der Waals surface area contributed by atoms with Crippen LogP contribution in [0.4, 0.5) is 5.69 Å². The Kier molecular flexibility index (Phi) is 4.09. The first-order chi connectivity index (χ1) is 9.03. The lowest BCUT2D eigenvalue weighted by molar-refractivity contribution is 0.282. The Morgan fingerprint density at radius 1 is 1.11 bits per heavy atom. The first-order valence-electron chi connectivity index (χ1n) is 5.50. The zero-order valence-electron chi connectivity index (χ0n) is 9.88. The number of hydrogen-bond acceptors (Lipinski definition) is 3. The molecular weight excluding hydrogens is 286 g/mol. The van der Waals surface area contributed by atoms with Crippen molar-refractivity contribution in [3.8, 4) is 0 Å². The third kappa shape index (κ3) is 3.26. The molecule has 2 rings (SSSR count). The van der Waals surface area contributed by atoms with E-state index in [0.717, 1.165) is 0 Å². The second-order valence-electron chi connectivity index (χ2n) is 3.88. The summed E-state index contributed by atoms with van der Waals surface area (Å²) in [7, 11) is -3.68. The fraction of sp³-hybridized carbons (Fsp3) is 0.0769. The maximum atomic E-state index is 12.1. The van der Waals surface area contributed by atoms with Crippen molar-refractivity contribution >= 4 is 27.3 Å². The van der Waals surface area contributed by atoms with Crippen molar-refractivity contribution < 1.29 is 13.5 Å². The third-order valence-corrected chi connectivity index (χ3v) is 4.16. The van der Waals surface area contributed by atoms with Gasteiger partial charge in [-0.05, 0) is 24.3 Å². The van der Waals surface area contributed by atoms with E-state index < -0.39 is 10.0 Å². The Morgan fingerprint density at radius 2 is 1.79 bits per heavy atom. The molecule has 0 spiro atoms. The van der Waals surface area contributed by atoms with E-state index >= 15 is 0 Å². The van der Waals surface area contributed by atoms with Gasteiger partial charge in [0.05, 0.1) is 17.2 Å². The Labute approximate surface area is 116 Å². The normalized spacial score (nSPS) is 11.3. The van der Waals surface area contributed by atoms with Crippen LogP contribution >= 0.6 is 11.6 Å². The van der Waals surface area contributed by atoms with Crippen LogP contribution in [0.3, 0.4) is 0 Å². The summed E-state index contributed by atoms with van der Waals surface area (Å²) in [5.74, 6) is 0. The number of rotatable bonds is 4. The molecule has 0 aliphatic rings. The summed E-state index contributed by atoms with van der Waals surface area (Å²) in [5, 5.41) is 9.59. The summed E-state index contributed by atoms with van der Waals surface area (Å²) in [6.07, 6.45) is 0. The molecule has 0 atom stereocenters. The smallest absolute Gasteiger partial charge is 0.261 e. The summed E-state index contributed by atoms with van der Waals surface area (Å²) < 4.78 is 26.7. The number of aliphatic hydroxyl groups excluding tert-OH is 1. The van der Waals surface area contributed by atoms with E-state index in [9.17, 15) is 13.5 Å². The van der Waals surface area contributed by atoms with Crippen molar-refractivity contribution in [2.75, 3.05) is 4.72 Å². The van der Waals surface area contributed by atoms with Crippen LogP contribution in [-0.4, -0.2) is 13.5 Å². The van der Waals surface area contributed by atoms with Gasteiger partial charge in [0, 0.05) is 10.6 Å². The standard InChI is InChI=1S/C13H12ClNO3S/c14-11-7-6-10(9-16)13(8-11)15-19(17,18)12-4-2-1-3-5-12/h1-8,15-16H,9H2. The first kappa shape index (κ1) is 13.9. The highest BCUT2D eigenvalue weighted by Crippen LogP contribution is 2.24. The van der Waals surface area contributed by atoms with Gasteiger partial charge in [0.1, 0.15) is 0 Å². The minimum Gasteiger partial charge on any atom is -0.392 e. The minimum atomic E-state index is -3.68. The molecule has 0 amide bonds. The van der Waals surface area contributed by atoms with Crippen molar-refractivity contribution in [3.63, 3.8) is 0 Å². The lowest BCUT2D eigenvalue weighted by Crippen LogP contribution is -2.14. The molecule has 2 aromatic rings. The molecule has 0 saturated heterocycles. The molecule has 0 saturated carbocycles. The zero-order valence-corrected chi connectivity index (χ0v) is 11.4. The maximum absolute atomic E-state index is 12.1. The van der Waals surface area contributed by atoms with Crippen LogP contribution in [0.1, 0.15) is 5.56 Å². The fourth-order valence-electron chi connectivity index (χ4n) is 1.58. The van der Waals surface area contributed by atoms with E-state index in [1.165, 1.54) is 18.2 Å². The molecule has 0 aliphatic carbocycles. The molecule has 2 aromatic carbocycles. The van der Waals surface area contributed by atoms with E-state index in [0.29, 0.717) is 10.6 Å². The van der Waals surface area contributed by atoms with Crippen molar-refractivity contribution in [2.45, 2.75) is 11.5 Å². The van der Waals surface area contributed by atoms with Crippen LogP contribution in [0.5, 0.6) is 0 Å². The van der Waals surface area contributed by atoms with E-state index in [-0.39, 0.29) is 17.2 Å². The molecule has 0 aliphatic heterocycles. The molecule has 0 heterocycles. The first-order valence-corrected chi connectivity index (χ1v) is 7.36. The van der Waals surface area contributed by atoms with Gasteiger partial charge in [-0.15, -0.1) is 0 Å². The van der Waals surface area contributed by atoms with Crippen LogP contribution in [0.15, 0.2) is 53.4 Å². The van der Waals surface area contributed by atoms with Crippen molar-refractivity contribution in [1.29, 1.82) is 0 Å². The fourth-order valence-corrected chi connectivity index (χ4v) is 2.87. The molecule has 2 N–H and O–H groups in total. The second-order valence-corrected chi connectivity index (χ2v) is 6.00. The van der Waals surface area contributed by atoms with Crippen LogP contribution < -0.4 is 4.72 Å². The predicted molar refractivity (Wildman–Crippen MR) is 74.6 cm³/mol. The maximum Gasteiger partial charge on any atom is 0.261 e. The van der Waals surface area contributed by atoms with E-state index in [2.05, 4.69) is 4.72 Å². The summed E-state index contributed by atoms with van der Waals surface area (Å²) >= 11 is 5.83. The molecule has 6 heteroatoms. The van der Waals surface area contributed by atoms with Crippen molar-refractivity contribution in [2.24, 2.45) is 0 Å². The summed E-state index contributed by atoms with van der Waals surface area (Å²) in [4.78, 5) is 0.152. The third-order valence-electron chi connectivity index (χ3n) is 2.54. The topological polar surface area (TPSA) is 66.4 Å². The van der Waals surface area contributed by atoms with Gasteiger partial charge >= 0.3 is 0 Å². The number of aliphatic hydroxyl groups is 1. The largest absolute Gasteiger partial charge is 0.392 e. The summed E-state index contributed by atoms with van der Waals surface area (Å²) in [5.41, 5.74) is 0.739. The number of halogens is 1. The molecule has 4 nitrogen and oxygen atoms in total. The quantitative estimate of drug-likeness (QED) is 0.911. The van der Waals surface area contributed by atoms with E-state index in [1.54, 1.807) is 30.3 Å². The lowest BCUT2D eigenvalue weighted by atomic mass is 10.2. The van der Waals surface area contributed by atoms with E-state index in [4.69, 9.17) is 11.6 Å². The van der Waals surface area contributed by atoms with E-state index in [1.807, 2.05) is 0 Å². The molecule has 0 bridgehead atoms. The molecule has 100 valence electrons. The highest BCUT2D eigenvalue weighted by molar-refractivity contribution is 7.92. The Morgan fingerprint density at radius 3 is 2.42 bits per heavy atom. The van der Waals surface area contributed by atoms with Gasteiger partial charge in [0.25, 0.3) is 10.0 Å². The van der Waals surface area contributed by atoms with Gasteiger partial charge < -0.3 is 5.11 Å². The average Bonchev–Trinajstić information content (AvgIpc) is 2.39. The Bertz CT molecular complexity index is 672. The molecule has 0 aromatic heterocycles. The number of anilines is 1. The predicted octanol–water partition coefficient (Wildman–Crippen LogP) is 2.63. The van der Waals surface area contributed by atoms with Crippen LogP contribution in [0.25, 0.3) is 0 Å². The highest BCUT2D eigenvalue weighted by atomic mass is 35.5. The summed E-state index contributed by atoms with van der Waals surface area (Å²) in [6.45, 7) is -0.274. The SMILES string of the molecule is O=S(=O)(Nc1cc(Cl)ccc1CO)c1ccccc1. The van der Waals surface area contributed by atoms with Crippen molar-refractivity contribution in [3.05, 3.63) is 59.1 Å². The van der Waals surface area contributed by atoms with Crippen molar-refractivity contribution in [1.82, 2.24) is 0 Å². The molecular formula is C13H12ClNO3S. The van der Waals surface area contributed by atoms with Crippen LogP contribution in [-0.2, 0) is 16.6 Å². The minimum absolute atomic E-state index is 0.152. The second kappa shape index (κ2) is 5.61. The summed E-state index contributed by atoms with van der Waals surface area (Å²) in [6, 6.07) is 12.6. The van der Waals surface area contributed by atoms with Gasteiger partial charge in [-0.1, -0.05) is 35.9 Å². The van der Waals surface area contributed by atoms with Gasteiger partial charge in [-0.25, -0.2) is 8.42 Å². The van der Waals surface area contributed by atoms with Crippen LogP contribution in [0.2, 0.25) is 5.02 Å². The molecule has 0 radical (unpaired) electrons. The monoisotopic (exact) mass is 297 g/mol. The number of sulfonamides is 1. The number of hydrogen-bond donors (Lipinski definition) is 2. The highest BCUT2D eigenvalue weighted by Gasteiger charge is 2.15. The Balaban J connectivity index is 2.38. The van der Waals surface area contributed by atoms with Gasteiger partial charge in [-0.3, -0.25) is 4.72 Å².